The summed E-state index contributed by atoms with van der Waals surface area (Å²) in [5.74, 6) is 0.770. The van der Waals surface area contributed by atoms with Crippen molar-refractivity contribution in [3.05, 3.63) is 76.7 Å². The van der Waals surface area contributed by atoms with E-state index in [1.54, 1.807) is 29.0 Å². The standard InChI is InChI=1S/C29H31ClFN5O2S/c1-3-26(28(37)33-24-15-23(9-4-18(24)2)32-22-10-12-38-13-11-22)36-16-20(30)14-25-27(36)35-29(34-25)39-17-19-5-7-21(31)8-6-19/h4-9,14-16,22,26,32H,3,10-13,17H2,1-2H3,(H,33,37). The molecular weight excluding hydrogens is 537 g/mol. The van der Waals surface area contributed by atoms with Crippen LogP contribution in [0.2, 0.25) is 5.02 Å². The number of nitrogens with zero attached hydrogens (tertiary/aromatic N) is 3. The highest BCUT2D eigenvalue weighted by molar-refractivity contribution is 7.98. The molecule has 0 aliphatic carbocycles. The van der Waals surface area contributed by atoms with Crippen molar-refractivity contribution in [2.75, 3.05) is 23.8 Å². The summed E-state index contributed by atoms with van der Waals surface area (Å²) in [7, 11) is 0. The lowest BCUT2D eigenvalue weighted by Crippen LogP contribution is -2.28. The van der Waals surface area contributed by atoms with Crippen molar-refractivity contribution in [1.29, 1.82) is 0 Å². The van der Waals surface area contributed by atoms with Gasteiger partial charge in [0, 0.05) is 42.6 Å². The Bertz CT molecular complexity index is 1410. The number of fused-ring (bicyclic) bond motifs is 1. The van der Waals surface area contributed by atoms with E-state index >= 15 is 0 Å². The van der Waals surface area contributed by atoms with Crippen LogP contribution in [-0.4, -0.2) is 39.7 Å². The summed E-state index contributed by atoms with van der Waals surface area (Å²) in [6.45, 7) is 5.45. The van der Waals surface area contributed by atoms with Crippen LogP contribution in [-0.2, 0) is 15.3 Å². The molecule has 2 N–H and O–H groups in total. The molecule has 0 spiro atoms. The number of thioether (sulfide) groups is 1. The number of hydrogen-bond donors (Lipinski definition) is 2. The predicted octanol–water partition coefficient (Wildman–Crippen LogP) is 6.96. The fraction of sp³-hybridized carbons (Fsp3) is 0.345. The molecule has 3 heterocycles. The number of aryl methyl sites for hydroxylation is 1. The van der Waals surface area contributed by atoms with Gasteiger partial charge in [0.1, 0.15) is 17.6 Å². The third kappa shape index (κ3) is 6.72. The maximum absolute atomic E-state index is 13.6. The number of carbonyl (C=O) groups is 1. The van der Waals surface area contributed by atoms with Gasteiger partial charge in [0.2, 0.25) is 5.91 Å². The molecule has 1 fully saturated rings. The molecule has 3 aliphatic rings. The van der Waals surface area contributed by atoms with Crippen LogP contribution in [0, 0.1) is 12.7 Å². The molecule has 10 heteroatoms. The largest absolute Gasteiger partial charge is 0.382 e. The number of pyridine rings is 1. The molecule has 2 aromatic carbocycles. The zero-order valence-electron chi connectivity index (χ0n) is 21.9. The predicted molar refractivity (Wildman–Crippen MR) is 154 cm³/mol. The fourth-order valence-corrected chi connectivity index (χ4v) is 5.66. The monoisotopic (exact) mass is 567 g/mol. The Morgan fingerprint density at radius 2 is 1.95 bits per heavy atom. The van der Waals surface area contributed by atoms with E-state index in [2.05, 4.69) is 15.6 Å². The van der Waals surface area contributed by atoms with E-state index < -0.39 is 6.04 Å². The lowest BCUT2D eigenvalue weighted by atomic mass is 10.1. The van der Waals surface area contributed by atoms with E-state index in [-0.39, 0.29) is 11.7 Å². The highest BCUT2D eigenvalue weighted by Gasteiger charge is 2.26. The average molecular weight is 568 g/mol. The lowest BCUT2D eigenvalue weighted by Gasteiger charge is -2.25. The van der Waals surface area contributed by atoms with Gasteiger partial charge in [-0.15, -0.1) is 0 Å². The molecule has 7 nitrogen and oxygen atoms in total. The lowest BCUT2D eigenvalue weighted by molar-refractivity contribution is -0.119. The van der Waals surface area contributed by atoms with Crippen molar-refractivity contribution in [1.82, 2.24) is 14.5 Å². The Morgan fingerprint density at radius 3 is 2.69 bits per heavy atom. The van der Waals surface area contributed by atoms with Crippen LogP contribution in [0.25, 0.3) is 11.5 Å². The summed E-state index contributed by atoms with van der Waals surface area (Å²) in [6.07, 6.45) is 4.19. The van der Waals surface area contributed by atoms with Crippen LogP contribution in [0.5, 0.6) is 0 Å². The number of ether oxygens (including phenoxy) is 1. The normalized spacial score (nSPS) is 14.9. The molecule has 1 amide bonds. The highest BCUT2D eigenvalue weighted by atomic mass is 35.5. The number of nitrogens with one attached hydrogen (secondary N) is 2. The van der Waals surface area contributed by atoms with Gasteiger partial charge in [-0.05, 0) is 67.6 Å². The summed E-state index contributed by atoms with van der Waals surface area (Å²) in [4.78, 5) is 23.0. The second-order valence-corrected chi connectivity index (χ2v) is 11.0. The van der Waals surface area contributed by atoms with Crippen molar-refractivity contribution in [2.24, 2.45) is 0 Å². The Balaban J connectivity index is 1.34. The first-order valence-corrected chi connectivity index (χ1v) is 14.4. The molecule has 0 radical (unpaired) electrons. The Kier molecular flexibility index (Phi) is 8.69. The molecule has 1 unspecified atom stereocenters. The van der Waals surface area contributed by atoms with Crippen LogP contribution in [0.4, 0.5) is 15.8 Å². The van der Waals surface area contributed by atoms with Crippen LogP contribution >= 0.6 is 23.4 Å². The van der Waals surface area contributed by atoms with Crippen LogP contribution in [0.3, 0.4) is 0 Å². The van der Waals surface area contributed by atoms with E-state index in [1.165, 1.54) is 23.9 Å². The molecule has 1 atom stereocenters. The summed E-state index contributed by atoms with van der Waals surface area (Å²) in [5, 5.41) is 7.74. The van der Waals surface area contributed by atoms with Gasteiger partial charge in [-0.25, -0.2) is 14.4 Å². The third-order valence-corrected chi connectivity index (χ3v) is 7.95. The zero-order chi connectivity index (χ0) is 27.4. The molecule has 5 rings (SSSR count). The highest BCUT2D eigenvalue weighted by Crippen LogP contribution is 2.32. The van der Waals surface area contributed by atoms with E-state index in [1.807, 2.05) is 32.0 Å². The second kappa shape index (κ2) is 12.4. The zero-order valence-corrected chi connectivity index (χ0v) is 23.5. The van der Waals surface area contributed by atoms with Gasteiger partial charge in [0.25, 0.3) is 0 Å². The van der Waals surface area contributed by atoms with Gasteiger partial charge in [0.15, 0.2) is 11.0 Å². The first-order valence-electron chi connectivity index (χ1n) is 13.1. The smallest absolute Gasteiger partial charge is 0.247 e. The number of aromatic nitrogens is 3. The number of hydrogen-bond acceptors (Lipinski definition) is 6. The van der Waals surface area contributed by atoms with Gasteiger partial charge < -0.3 is 19.9 Å². The first-order chi connectivity index (χ1) is 18.9. The minimum Gasteiger partial charge on any atom is -0.382 e. The van der Waals surface area contributed by atoms with Crippen molar-refractivity contribution in [3.8, 4) is 11.5 Å². The number of benzene rings is 2. The van der Waals surface area contributed by atoms with Crippen LogP contribution < -0.4 is 10.6 Å². The molecule has 2 aromatic rings. The quantitative estimate of drug-likeness (QED) is 0.213. The Morgan fingerprint density at radius 1 is 1.18 bits per heavy atom. The SMILES string of the molecule is CCC(C(=O)Nc1cc(NC2CCOCC2)ccc1C)n1cc(Cl)cc2nc(SCc3ccc(F)cc3)nc1-2. The summed E-state index contributed by atoms with van der Waals surface area (Å²) in [5.41, 5.74) is 4.30. The maximum Gasteiger partial charge on any atom is 0.247 e. The number of imidazole rings is 1. The molecule has 0 bridgehead atoms. The molecule has 3 aliphatic heterocycles. The third-order valence-electron chi connectivity index (χ3n) is 6.82. The van der Waals surface area contributed by atoms with Gasteiger partial charge >= 0.3 is 0 Å². The molecule has 1 saturated heterocycles. The molecule has 0 saturated carbocycles. The van der Waals surface area contributed by atoms with Crippen molar-refractivity contribution < 1.29 is 13.9 Å². The summed E-state index contributed by atoms with van der Waals surface area (Å²) < 4.78 is 20.5. The van der Waals surface area contributed by atoms with Crippen molar-refractivity contribution >= 4 is 40.6 Å². The van der Waals surface area contributed by atoms with Gasteiger partial charge in [-0.3, -0.25) is 4.79 Å². The Hall–Kier alpha value is -3.14. The fourth-order valence-electron chi connectivity index (χ4n) is 4.65. The minimum absolute atomic E-state index is 0.152. The number of amides is 1. The van der Waals surface area contributed by atoms with Crippen molar-refractivity contribution in [2.45, 2.75) is 56.1 Å². The number of rotatable bonds is 9. The van der Waals surface area contributed by atoms with Gasteiger partial charge in [-0.1, -0.05) is 48.5 Å². The maximum atomic E-state index is 13.6. The van der Waals surface area contributed by atoms with Crippen molar-refractivity contribution in [3.63, 3.8) is 0 Å². The molecular formula is C29H31ClFN5O2S. The van der Waals surface area contributed by atoms with Crippen LogP contribution in [0.1, 0.15) is 43.4 Å². The molecule has 39 heavy (non-hydrogen) atoms. The molecule has 0 aromatic heterocycles. The number of halogens is 2. The topological polar surface area (TPSA) is 81.1 Å². The molecule has 204 valence electrons. The average Bonchev–Trinajstić information content (AvgIpc) is 3.34. The minimum atomic E-state index is -0.538. The van der Waals surface area contributed by atoms with Gasteiger partial charge in [-0.2, -0.15) is 0 Å². The van der Waals surface area contributed by atoms with Gasteiger partial charge in [0.05, 0.1) is 5.02 Å². The summed E-state index contributed by atoms with van der Waals surface area (Å²) in [6, 6.07) is 14.0. The number of carbonyl (C=O) groups excluding carboxylic acids is 1. The van der Waals surface area contributed by atoms with E-state index in [0.717, 1.165) is 48.6 Å². The van der Waals surface area contributed by atoms with E-state index in [0.29, 0.717) is 39.9 Å². The van der Waals surface area contributed by atoms with E-state index in [9.17, 15) is 9.18 Å². The summed E-state index contributed by atoms with van der Waals surface area (Å²) >= 11 is 7.90. The first kappa shape index (κ1) is 27.4. The van der Waals surface area contributed by atoms with E-state index in [4.69, 9.17) is 21.3 Å². The second-order valence-electron chi connectivity index (χ2n) is 9.67. The van der Waals surface area contributed by atoms with Crippen LogP contribution in [0.15, 0.2) is 59.9 Å². The number of anilines is 2. The Labute approximate surface area is 236 Å².